The summed E-state index contributed by atoms with van der Waals surface area (Å²) in [6.07, 6.45) is 3.67. The third-order valence-electron chi connectivity index (χ3n) is 4.71. The summed E-state index contributed by atoms with van der Waals surface area (Å²) in [5.41, 5.74) is -0.597. The number of rotatable bonds is 4. The second-order valence-electron chi connectivity index (χ2n) is 6.21. The molecule has 1 saturated carbocycles. The number of hydrogen-bond donors (Lipinski definition) is 1. The maximum Gasteiger partial charge on any atom is 0.307 e. The summed E-state index contributed by atoms with van der Waals surface area (Å²) in [7, 11) is 0. The fourth-order valence-electron chi connectivity index (χ4n) is 3.56. The molecule has 1 aliphatic carbocycles. The Morgan fingerprint density at radius 3 is 3.00 bits per heavy atom. The van der Waals surface area contributed by atoms with Crippen LogP contribution in [0.5, 0.6) is 0 Å². The fraction of sp³-hybridized carbons (Fsp3) is 0.500. The van der Waals surface area contributed by atoms with Crippen molar-refractivity contribution in [2.45, 2.75) is 44.2 Å². The van der Waals surface area contributed by atoms with Crippen LogP contribution in [0.25, 0.3) is 10.8 Å². The van der Waals surface area contributed by atoms with Crippen LogP contribution in [0, 0.1) is 5.92 Å². The predicted octanol–water partition coefficient (Wildman–Crippen LogP) is 2.29. The third kappa shape index (κ3) is 2.71. The van der Waals surface area contributed by atoms with Crippen LogP contribution >= 0.6 is 11.3 Å². The highest BCUT2D eigenvalue weighted by Gasteiger charge is 2.53. The zero-order valence-electron chi connectivity index (χ0n) is 13.0. The minimum absolute atomic E-state index is 0.151. The first kappa shape index (κ1) is 15.3. The van der Waals surface area contributed by atoms with Gasteiger partial charge in [-0.1, -0.05) is 11.2 Å². The lowest BCUT2D eigenvalue weighted by Gasteiger charge is -2.27. The van der Waals surface area contributed by atoms with Crippen LogP contribution in [-0.2, 0) is 20.9 Å². The van der Waals surface area contributed by atoms with E-state index in [-0.39, 0.29) is 24.8 Å². The highest BCUT2D eigenvalue weighted by Crippen LogP contribution is 2.45. The van der Waals surface area contributed by atoms with E-state index in [0.29, 0.717) is 11.7 Å². The molecule has 1 N–H and O–H groups in total. The van der Waals surface area contributed by atoms with Crippen molar-refractivity contribution in [1.29, 1.82) is 0 Å². The summed E-state index contributed by atoms with van der Waals surface area (Å²) in [5, 5.41) is 8.63. The van der Waals surface area contributed by atoms with Gasteiger partial charge in [0.15, 0.2) is 5.82 Å². The Morgan fingerprint density at radius 2 is 2.25 bits per heavy atom. The number of hydrogen-bond acceptors (Lipinski definition) is 7. The molecule has 2 aromatic rings. The molecule has 0 aromatic carbocycles. The Morgan fingerprint density at radius 1 is 1.42 bits per heavy atom. The van der Waals surface area contributed by atoms with Crippen molar-refractivity contribution in [3.8, 4) is 10.8 Å². The summed E-state index contributed by atoms with van der Waals surface area (Å²) in [5.74, 6) is -0.0173. The molecule has 4 rings (SSSR count). The van der Waals surface area contributed by atoms with Gasteiger partial charge in [-0.15, -0.1) is 11.3 Å². The van der Waals surface area contributed by atoms with Crippen LogP contribution in [0.4, 0.5) is 0 Å². The van der Waals surface area contributed by atoms with Crippen molar-refractivity contribution in [1.82, 2.24) is 15.5 Å². The van der Waals surface area contributed by atoms with Crippen LogP contribution in [0.3, 0.4) is 0 Å². The standard InChI is InChI=1S/C16H17N3O4S/c20-13-8-10(16(22-13)5-1-2-6-16)14(21)17-9-12-18-15(23-19-12)11-4-3-7-24-11/h3-4,7,10H,1-2,5-6,8-9H2,(H,17,21). The van der Waals surface area contributed by atoms with Crippen LogP contribution in [0.15, 0.2) is 22.0 Å². The highest BCUT2D eigenvalue weighted by atomic mass is 32.1. The van der Waals surface area contributed by atoms with E-state index in [9.17, 15) is 9.59 Å². The quantitative estimate of drug-likeness (QED) is 0.853. The number of thiophene rings is 1. The van der Waals surface area contributed by atoms with Gasteiger partial charge in [-0.3, -0.25) is 9.59 Å². The normalized spacial score (nSPS) is 22.0. The van der Waals surface area contributed by atoms with Crippen molar-refractivity contribution in [3.63, 3.8) is 0 Å². The van der Waals surface area contributed by atoms with Crippen LogP contribution in [0.2, 0.25) is 0 Å². The average Bonchev–Trinajstić information content (AvgIpc) is 3.34. The molecule has 1 saturated heterocycles. The molecule has 2 aromatic heterocycles. The molecular formula is C16H17N3O4S. The van der Waals surface area contributed by atoms with E-state index in [2.05, 4.69) is 15.5 Å². The summed E-state index contributed by atoms with van der Waals surface area (Å²) < 4.78 is 10.7. The molecule has 126 valence electrons. The number of ether oxygens (including phenoxy) is 1. The zero-order chi connectivity index (χ0) is 16.6. The Labute approximate surface area is 142 Å². The van der Waals surface area contributed by atoms with E-state index in [1.165, 1.54) is 11.3 Å². The summed E-state index contributed by atoms with van der Waals surface area (Å²) >= 11 is 1.51. The Balaban J connectivity index is 1.41. The molecule has 8 heteroatoms. The molecule has 2 aliphatic rings. The van der Waals surface area contributed by atoms with Crippen LogP contribution in [-0.4, -0.2) is 27.6 Å². The van der Waals surface area contributed by atoms with Crippen molar-refractivity contribution in [3.05, 3.63) is 23.3 Å². The molecular weight excluding hydrogens is 330 g/mol. The van der Waals surface area contributed by atoms with Gasteiger partial charge in [0.1, 0.15) is 5.60 Å². The van der Waals surface area contributed by atoms with E-state index in [1.54, 1.807) is 0 Å². The number of esters is 1. The predicted molar refractivity (Wildman–Crippen MR) is 84.9 cm³/mol. The monoisotopic (exact) mass is 347 g/mol. The number of carbonyl (C=O) groups is 2. The average molecular weight is 347 g/mol. The van der Waals surface area contributed by atoms with E-state index in [1.807, 2.05) is 17.5 Å². The zero-order valence-corrected chi connectivity index (χ0v) is 13.8. The Kier molecular flexibility index (Phi) is 3.84. The van der Waals surface area contributed by atoms with Crippen molar-refractivity contribution < 1.29 is 18.8 Å². The Bertz CT molecular complexity index is 749. The molecule has 2 fully saturated rings. The van der Waals surface area contributed by atoms with Gasteiger partial charge in [-0.25, -0.2) is 0 Å². The van der Waals surface area contributed by atoms with E-state index in [4.69, 9.17) is 9.26 Å². The summed E-state index contributed by atoms with van der Waals surface area (Å²) in [4.78, 5) is 29.4. The lowest BCUT2D eigenvalue weighted by Crippen LogP contribution is -2.42. The number of nitrogens with one attached hydrogen (secondary N) is 1. The maximum absolute atomic E-state index is 12.5. The van der Waals surface area contributed by atoms with Crippen molar-refractivity contribution in [2.24, 2.45) is 5.92 Å². The number of nitrogens with zero attached hydrogens (tertiary/aromatic N) is 2. The van der Waals surface area contributed by atoms with Gasteiger partial charge in [0.05, 0.1) is 23.8 Å². The second kappa shape index (κ2) is 6.01. The molecule has 0 bridgehead atoms. The van der Waals surface area contributed by atoms with Crippen LogP contribution < -0.4 is 5.32 Å². The number of carbonyl (C=O) groups excluding carboxylic acids is 2. The molecule has 1 atom stereocenters. The van der Waals surface area contributed by atoms with Crippen LogP contribution in [0.1, 0.15) is 37.9 Å². The van der Waals surface area contributed by atoms with Gasteiger partial charge in [0.2, 0.25) is 5.91 Å². The van der Waals surface area contributed by atoms with Gasteiger partial charge in [0, 0.05) is 0 Å². The smallest absolute Gasteiger partial charge is 0.307 e. The first-order chi connectivity index (χ1) is 11.7. The number of amides is 1. The van der Waals surface area contributed by atoms with Gasteiger partial charge >= 0.3 is 5.97 Å². The molecule has 1 aliphatic heterocycles. The molecule has 1 unspecified atom stereocenters. The first-order valence-corrected chi connectivity index (χ1v) is 8.90. The maximum atomic E-state index is 12.5. The molecule has 3 heterocycles. The second-order valence-corrected chi connectivity index (χ2v) is 7.16. The molecule has 24 heavy (non-hydrogen) atoms. The minimum Gasteiger partial charge on any atom is -0.458 e. The Hall–Kier alpha value is -2.22. The SMILES string of the molecule is O=C1CC(C(=O)NCc2noc(-c3cccs3)n2)C2(CCCC2)O1. The largest absolute Gasteiger partial charge is 0.458 e. The van der Waals surface area contributed by atoms with Crippen molar-refractivity contribution >= 4 is 23.2 Å². The van der Waals surface area contributed by atoms with Crippen molar-refractivity contribution in [2.75, 3.05) is 0 Å². The van der Waals surface area contributed by atoms with Gasteiger partial charge in [-0.2, -0.15) is 4.98 Å². The molecule has 1 spiro atoms. The lowest BCUT2D eigenvalue weighted by molar-refractivity contribution is -0.150. The number of aromatic nitrogens is 2. The van der Waals surface area contributed by atoms with Gasteiger partial charge < -0.3 is 14.6 Å². The summed E-state index contributed by atoms with van der Waals surface area (Å²) in [6, 6.07) is 3.80. The van der Waals surface area contributed by atoms with Gasteiger partial charge in [0.25, 0.3) is 5.89 Å². The first-order valence-electron chi connectivity index (χ1n) is 8.02. The summed E-state index contributed by atoms with van der Waals surface area (Å²) in [6.45, 7) is 0.175. The highest BCUT2D eigenvalue weighted by molar-refractivity contribution is 7.13. The van der Waals surface area contributed by atoms with E-state index < -0.39 is 11.5 Å². The fourth-order valence-corrected chi connectivity index (χ4v) is 4.21. The van der Waals surface area contributed by atoms with E-state index >= 15 is 0 Å². The van der Waals surface area contributed by atoms with E-state index in [0.717, 1.165) is 30.6 Å². The molecule has 0 radical (unpaired) electrons. The third-order valence-corrected chi connectivity index (χ3v) is 5.57. The van der Waals surface area contributed by atoms with Gasteiger partial charge in [-0.05, 0) is 37.1 Å². The minimum atomic E-state index is -0.597. The lowest BCUT2D eigenvalue weighted by atomic mass is 9.85. The topological polar surface area (TPSA) is 94.3 Å². The molecule has 1 amide bonds. The molecule has 7 nitrogen and oxygen atoms in total.